The van der Waals surface area contributed by atoms with Crippen molar-refractivity contribution in [2.24, 2.45) is 0 Å². The van der Waals surface area contributed by atoms with E-state index in [-0.39, 0.29) is 5.92 Å². The first-order valence-corrected chi connectivity index (χ1v) is 12.7. The normalized spacial score (nSPS) is 14.2. The minimum atomic E-state index is -0.182. The van der Waals surface area contributed by atoms with E-state index < -0.39 is 0 Å². The molecule has 1 aliphatic rings. The molecule has 3 aromatic heterocycles. The number of ether oxygens (including phenoxy) is 2. The zero-order chi connectivity index (χ0) is 25.9. The van der Waals surface area contributed by atoms with Gasteiger partial charge in [-0.3, -0.25) is 0 Å². The van der Waals surface area contributed by atoms with E-state index in [0.29, 0.717) is 23.0 Å². The Morgan fingerprint density at radius 2 is 1.56 bits per heavy atom. The van der Waals surface area contributed by atoms with Crippen LogP contribution in [0.4, 0.5) is 0 Å². The Balaban J connectivity index is 1.39. The molecule has 7 nitrogen and oxygen atoms in total. The first-order valence-electron chi connectivity index (χ1n) is 12.7. The molecule has 0 spiro atoms. The number of hydrogen-bond acceptors (Lipinski definition) is 6. The molecule has 1 atom stereocenters. The number of nitrogens with zero attached hydrogens (tertiary/aromatic N) is 5. The standard InChI is InChI=1S/C32H21N5O2/c1-38-22-14-10-21(11-15-22)27-28-23-8-4-2-6-19(23)13-17-26(28)39-32-29(27)31-35-30(36-37(31)18-33-32)25-16-12-20-7-3-5-9-24(20)34-25/h2-18,27H,1H3/t27-/m0/s1. The Bertz CT molecular complexity index is 2050. The molecule has 0 bridgehead atoms. The van der Waals surface area contributed by atoms with Crippen LogP contribution in [-0.4, -0.2) is 31.7 Å². The van der Waals surface area contributed by atoms with Gasteiger partial charge in [-0.15, -0.1) is 5.10 Å². The highest BCUT2D eigenvalue weighted by Crippen LogP contribution is 2.50. The fraction of sp³-hybridized carbons (Fsp3) is 0.0625. The number of aromatic nitrogens is 5. The van der Waals surface area contributed by atoms with E-state index in [0.717, 1.165) is 49.9 Å². The van der Waals surface area contributed by atoms with Crippen molar-refractivity contribution < 1.29 is 9.47 Å². The summed E-state index contributed by atoms with van der Waals surface area (Å²) < 4.78 is 13.6. The fourth-order valence-electron chi connectivity index (χ4n) is 5.53. The van der Waals surface area contributed by atoms with Crippen LogP contribution in [0.25, 0.3) is 38.8 Å². The number of hydrogen-bond donors (Lipinski definition) is 0. The lowest BCUT2D eigenvalue weighted by molar-refractivity contribution is 0.414. The highest BCUT2D eigenvalue weighted by molar-refractivity contribution is 5.91. The Hall–Kier alpha value is -5.30. The topological polar surface area (TPSA) is 74.4 Å². The largest absolute Gasteiger partial charge is 0.497 e. The van der Waals surface area contributed by atoms with Crippen LogP contribution in [0, 0.1) is 0 Å². The van der Waals surface area contributed by atoms with Crippen molar-refractivity contribution in [3.8, 4) is 28.9 Å². The summed E-state index contributed by atoms with van der Waals surface area (Å²) in [5.41, 5.74) is 5.31. The third-order valence-electron chi connectivity index (χ3n) is 7.38. The molecule has 4 heterocycles. The van der Waals surface area contributed by atoms with Gasteiger partial charge in [0, 0.05) is 16.9 Å². The van der Waals surface area contributed by atoms with Crippen molar-refractivity contribution in [1.29, 1.82) is 0 Å². The van der Waals surface area contributed by atoms with Crippen LogP contribution in [0.15, 0.2) is 103 Å². The van der Waals surface area contributed by atoms with E-state index in [4.69, 9.17) is 24.5 Å². The highest BCUT2D eigenvalue weighted by atomic mass is 16.5. The van der Waals surface area contributed by atoms with E-state index in [1.54, 1.807) is 18.0 Å². The van der Waals surface area contributed by atoms with E-state index in [1.165, 1.54) is 0 Å². The first-order chi connectivity index (χ1) is 19.3. The Labute approximate surface area is 223 Å². The number of benzene rings is 4. The number of pyridine rings is 1. The van der Waals surface area contributed by atoms with Gasteiger partial charge < -0.3 is 9.47 Å². The number of fused-ring (bicyclic) bond motifs is 7. The third-order valence-corrected chi connectivity index (χ3v) is 7.38. The molecule has 186 valence electrons. The van der Waals surface area contributed by atoms with E-state index in [1.807, 2.05) is 54.6 Å². The lowest BCUT2D eigenvalue weighted by Gasteiger charge is -2.29. The van der Waals surface area contributed by atoms with Gasteiger partial charge in [0.2, 0.25) is 11.7 Å². The van der Waals surface area contributed by atoms with Gasteiger partial charge in [0.05, 0.1) is 18.2 Å². The lowest BCUT2D eigenvalue weighted by Crippen LogP contribution is -2.15. The molecule has 0 N–H and O–H groups in total. The maximum absolute atomic E-state index is 6.43. The molecule has 0 saturated heterocycles. The molecule has 39 heavy (non-hydrogen) atoms. The molecule has 8 rings (SSSR count). The van der Waals surface area contributed by atoms with Crippen LogP contribution in [0.3, 0.4) is 0 Å². The Kier molecular flexibility index (Phi) is 4.66. The second-order valence-corrected chi connectivity index (χ2v) is 9.56. The van der Waals surface area contributed by atoms with Gasteiger partial charge >= 0.3 is 0 Å². The molecule has 0 radical (unpaired) electrons. The third kappa shape index (κ3) is 3.37. The second-order valence-electron chi connectivity index (χ2n) is 9.56. The minimum absolute atomic E-state index is 0.182. The molecule has 7 heteroatoms. The van der Waals surface area contributed by atoms with Crippen LogP contribution >= 0.6 is 0 Å². The number of rotatable bonds is 3. The summed E-state index contributed by atoms with van der Waals surface area (Å²) in [5.74, 6) is 2.46. The Morgan fingerprint density at radius 3 is 2.44 bits per heavy atom. The minimum Gasteiger partial charge on any atom is -0.497 e. The zero-order valence-electron chi connectivity index (χ0n) is 20.9. The van der Waals surface area contributed by atoms with E-state index >= 15 is 0 Å². The summed E-state index contributed by atoms with van der Waals surface area (Å²) in [4.78, 5) is 14.5. The summed E-state index contributed by atoms with van der Waals surface area (Å²) in [6.45, 7) is 0. The van der Waals surface area contributed by atoms with Crippen LogP contribution in [0.1, 0.15) is 22.6 Å². The van der Waals surface area contributed by atoms with Crippen molar-refractivity contribution in [1.82, 2.24) is 24.6 Å². The molecule has 0 aliphatic carbocycles. The van der Waals surface area contributed by atoms with Crippen LogP contribution in [0.2, 0.25) is 0 Å². The maximum atomic E-state index is 6.43. The van der Waals surface area contributed by atoms with Crippen molar-refractivity contribution in [3.63, 3.8) is 0 Å². The summed E-state index contributed by atoms with van der Waals surface area (Å²) in [6, 6.07) is 32.7. The van der Waals surface area contributed by atoms with Gasteiger partial charge in [-0.2, -0.15) is 0 Å². The fourth-order valence-corrected chi connectivity index (χ4v) is 5.53. The molecule has 0 saturated carbocycles. The van der Waals surface area contributed by atoms with Gasteiger partial charge in [-0.25, -0.2) is 19.5 Å². The molecule has 1 aliphatic heterocycles. The van der Waals surface area contributed by atoms with Gasteiger partial charge in [0.1, 0.15) is 23.5 Å². The molecule has 0 fully saturated rings. The predicted molar refractivity (Wildman–Crippen MR) is 149 cm³/mol. The SMILES string of the molecule is COc1ccc([C@H]2c3c(ccc4ccccc34)Oc3ncn4nc(-c5ccc6ccccc6n5)nc4c32)cc1. The average Bonchev–Trinajstić information content (AvgIpc) is 3.44. The first kappa shape index (κ1) is 21.8. The number of para-hydroxylation sites is 1. The predicted octanol–water partition coefficient (Wildman–Crippen LogP) is 6.79. The maximum Gasteiger partial charge on any atom is 0.228 e. The second kappa shape index (κ2) is 8.36. The monoisotopic (exact) mass is 507 g/mol. The van der Waals surface area contributed by atoms with Crippen LogP contribution in [-0.2, 0) is 0 Å². The van der Waals surface area contributed by atoms with Gasteiger partial charge in [0.15, 0.2) is 5.65 Å². The molecule has 4 aromatic carbocycles. The van der Waals surface area contributed by atoms with Crippen molar-refractivity contribution in [2.75, 3.05) is 7.11 Å². The molecule has 0 unspecified atom stereocenters. The average molecular weight is 508 g/mol. The van der Waals surface area contributed by atoms with E-state index in [9.17, 15) is 0 Å². The van der Waals surface area contributed by atoms with Crippen LogP contribution < -0.4 is 9.47 Å². The van der Waals surface area contributed by atoms with Gasteiger partial charge in [-0.1, -0.05) is 66.7 Å². The van der Waals surface area contributed by atoms with Gasteiger partial charge in [-0.05, 0) is 46.7 Å². The number of methoxy groups -OCH3 is 1. The summed E-state index contributed by atoms with van der Waals surface area (Å²) in [7, 11) is 1.67. The van der Waals surface area contributed by atoms with Crippen LogP contribution in [0.5, 0.6) is 17.4 Å². The summed E-state index contributed by atoms with van der Waals surface area (Å²) >= 11 is 0. The zero-order valence-corrected chi connectivity index (χ0v) is 20.9. The van der Waals surface area contributed by atoms with Crippen molar-refractivity contribution >= 4 is 27.3 Å². The quantitative estimate of drug-likeness (QED) is 0.262. The van der Waals surface area contributed by atoms with E-state index in [2.05, 4.69) is 47.4 Å². The van der Waals surface area contributed by atoms with Crippen molar-refractivity contribution in [3.05, 3.63) is 120 Å². The van der Waals surface area contributed by atoms with Crippen molar-refractivity contribution in [2.45, 2.75) is 5.92 Å². The summed E-state index contributed by atoms with van der Waals surface area (Å²) in [6.07, 6.45) is 1.66. The lowest BCUT2D eigenvalue weighted by atomic mass is 9.81. The smallest absolute Gasteiger partial charge is 0.228 e. The molecule has 0 amide bonds. The van der Waals surface area contributed by atoms with Gasteiger partial charge in [0.25, 0.3) is 0 Å². The Morgan fingerprint density at radius 1 is 0.769 bits per heavy atom. The molecular weight excluding hydrogens is 486 g/mol. The molecular formula is C32H21N5O2. The molecule has 7 aromatic rings. The highest BCUT2D eigenvalue weighted by Gasteiger charge is 2.34. The summed E-state index contributed by atoms with van der Waals surface area (Å²) in [5, 5.41) is 8.11.